The van der Waals surface area contributed by atoms with E-state index >= 15 is 0 Å². The molecule has 4 nitrogen and oxygen atoms in total. The molecule has 1 aromatic heterocycles. The molecule has 1 unspecified atom stereocenters. The lowest BCUT2D eigenvalue weighted by molar-refractivity contribution is -0.131. The Balaban J connectivity index is 1.97. The maximum absolute atomic E-state index is 11.9. The molecule has 0 aliphatic carbocycles. The van der Waals surface area contributed by atoms with Gasteiger partial charge in [0.15, 0.2) is 0 Å². The second-order valence-corrected chi connectivity index (χ2v) is 4.19. The van der Waals surface area contributed by atoms with Crippen molar-refractivity contribution < 1.29 is 9.32 Å². The minimum Gasteiger partial charge on any atom is -0.361 e. The summed E-state index contributed by atoms with van der Waals surface area (Å²) in [6, 6.07) is 2.19. The number of hydrogen-bond donors (Lipinski definition) is 0. The summed E-state index contributed by atoms with van der Waals surface area (Å²) in [6.45, 7) is 4.83. The van der Waals surface area contributed by atoms with Gasteiger partial charge in [-0.2, -0.15) is 0 Å². The van der Waals surface area contributed by atoms with Crippen molar-refractivity contribution in [3.63, 3.8) is 0 Å². The molecule has 0 spiro atoms. The van der Waals surface area contributed by atoms with Gasteiger partial charge in [-0.1, -0.05) is 5.16 Å². The van der Waals surface area contributed by atoms with Crippen LogP contribution in [0.2, 0.25) is 0 Å². The highest BCUT2D eigenvalue weighted by Crippen LogP contribution is 2.17. The Morgan fingerprint density at radius 1 is 1.73 bits per heavy atom. The first kappa shape index (κ1) is 10.2. The molecule has 1 amide bonds. The lowest BCUT2D eigenvalue weighted by atomic mass is 10.2. The predicted octanol–water partition coefficient (Wildman–Crippen LogP) is 1.54. The van der Waals surface area contributed by atoms with Gasteiger partial charge in [0.1, 0.15) is 5.76 Å². The average Bonchev–Trinajstić information content (AvgIpc) is 2.75. The average molecular weight is 208 g/mol. The number of hydrogen-bond acceptors (Lipinski definition) is 3. The molecular weight excluding hydrogens is 192 g/mol. The number of likely N-dealkylation sites (tertiary alicyclic amines) is 1. The lowest BCUT2D eigenvalue weighted by Gasteiger charge is -2.20. The monoisotopic (exact) mass is 208 g/mol. The van der Waals surface area contributed by atoms with E-state index in [2.05, 4.69) is 12.1 Å². The zero-order chi connectivity index (χ0) is 10.8. The number of amides is 1. The quantitative estimate of drug-likeness (QED) is 0.740. The van der Waals surface area contributed by atoms with Crippen molar-refractivity contribution in [2.24, 2.45) is 0 Å². The van der Waals surface area contributed by atoms with Gasteiger partial charge >= 0.3 is 0 Å². The third-order valence-electron chi connectivity index (χ3n) is 2.88. The van der Waals surface area contributed by atoms with Crippen LogP contribution in [0.25, 0.3) is 0 Å². The molecular formula is C11H16N2O2. The summed E-state index contributed by atoms with van der Waals surface area (Å²) in [6.07, 6.45) is 2.56. The van der Waals surface area contributed by atoms with Gasteiger partial charge in [-0.15, -0.1) is 0 Å². The summed E-state index contributed by atoms with van der Waals surface area (Å²) >= 11 is 0. The van der Waals surface area contributed by atoms with Crippen LogP contribution in [-0.2, 0) is 11.2 Å². The van der Waals surface area contributed by atoms with Crippen molar-refractivity contribution in [3.8, 4) is 0 Å². The minimum absolute atomic E-state index is 0.149. The number of nitrogens with zero attached hydrogens (tertiary/aromatic N) is 2. The number of aryl methyl sites for hydroxylation is 1. The van der Waals surface area contributed by atoms with Gasteiger partial charge < -0.3 is 9.42 Å². The van der Waals surface area contributed by atoms with Crippen molar-refractivity contribution in [2.45, 2.75) is 39.2 Å². The number of rotatable bonds is 2. The molecule has 82 valence electrons. The molecule has 1 fully saturated rings. The van der Waals surface area contributed by atoms with Crippen molar-refractivity contribution in [1.82, 2.24) is 10.1 Å². The molecule has 1 aliphatic heterocycles. The number of aromatic nitrogens is 1. The van der Waals surface area contributed by atoms with Crippen molar-refractivity contribution in [3.05, 3.63) is 17.5 Å². The Labute approximate surface area is 89.2 Å². The maximum Gasteiger partial charge on any atom is 0.230 e. The van der Waals surface area contributed by atoms with Crippen LogP contribution >= 0.6 is 0 Å². The Bertz CT molecular complexity index is 359. The third-order valence-corrected chi connectivity index (χ3v) is 2.88. The lowest BCUT2D eigenvalue weighted by Crippen LogP contribution is -2.34. The van der Waals surface area contributed by atoms with E-state index in [-0.39, 0.29) is 5.91 Å². The smallest absolute Gasteiger partial charge is 0.230 e. The highest BCUT2D eigenvalue weighted by molar-refractivity contribution is 5.78. The van der Waals surface area contributed by atoms with Gasteiger partial charge in [-0.05, 0) is 26.7 Å². The van der Waals surface area contributed by atoms with E-state index in [4.69, 9.17) is 4.52 Å². The minimum atomic E-state index is 0.149. The first-order valence-electron chi connectivity index (χ1n) is 5.38. The highest BCUT2D eigenvalue weighted by Gasteiger charge is 2.25. The zero-order valence-electron chi connectivity index (χ0n) is 9.19. The molecule has 0 saturated carbocycles. The third kappa shape index (κ3) is 2.19. The molecule has 2 rings (SSSR count). The van der Waals surface area contributed by atoms with Gasteiger partial charge in [0.05, 0.1) is 12.1 Å². The van der Waals surface area contributed by atoms with E-state index < -0.39 is 0 Å². The summed E-state index contributed by atoms with van der Waals surface area (Å²) in [5.41, 5.74) is 0.826. The maximum atomic E-state index is 11.9. The van der Waals surface area contributed by atoms with Gasteiger partial charge in [0.2, 0.25) is 5.91 Å². The second-order valence-electron chi connectivity index (χ2n) is 4.19. The fourth-order valence-corrected chi connectivity index (χ4v) is 2.05. The standard InChI is InChI=1S/C11H16N2O2/c1-8-6-10(15-12-8)7-11(14)13-5-3-4-9(13)2/h6,9H,3-5,7H2,1-2H3. The van der Waals surface area contributed by atoms with Gasteiger partial charge in [-0.3, -0.25) is 4.79 Å². The molecule has 1 aliphatic rings. The Morgan fingerprint density at radius 2 is 2.53 bits per heavy atom. The molecule has 0 aromatic carbocycles. The Hall–Kier alpha value is -1.32. The summed E-state index contributed by atoms with van der Waals surface area (Å²) in [5.74, 6) is 0.813. The molecule has 1 aromatic rings. The fraction of sp³-hybridized carbons (Fsp3) is 0.636. The molecule has 4 heteroatoms. The number of carbonyl (C=O) groups is 1. The van der Waals surface area contributed by atoms with E-state index in [0.29, 0.717) is 18.2 Å². The highest BCUT2D eigenvalue weighted by atomic mass is 16.5. The molecule has 1 atom stereocenters. The Morgan fingerprint density at radius 3 is 3.07 bits per heavy atom. The molecule has 0 radical (unpaired) electrons. The van der Waals surface area contributed by atoms with Crippen molar-refractivity contribution in [2.75, 3.05) is 6.54 Å². The van der Waals surface area contributed by atoms with Crippen LogP contribution in [0.15, 0.2) is 10.6 Å². The first-order chi connectivity index (χ1) is 7.16. The van der Waals surface area contributed by atoms with Gasteiger partial charge in [-0.25, -0.2) is 0 Å². The topological polar surface area (TPSA) is 46.3 Å². The van der Waals surface area contributed by atoms with Crippen LogP contribution in [0.3, 0.4) is 0 Å². The van der Waals surface area contributed by atoms with Gasteiger partial charge in [0.25, 0.3) is 0 Å². The molecule has 15 heavy (non-hydrogen) atoms. The van der Waals surface area contributed by atoms with Gasteiger partial charge in [0, 0.05) is 18.7 Å². The molecule has 1 saturated heterocycles. The fourth-order valence-electron chi connectivity index (χ4n) is 2.05. The van der Waals surface area contributed by atoms with E-state index in [1.54, 1.807) is 0 Å². The second kappa shape index (κ2) is 4.04. The SMILES string of the molecule is Cc1cc(CC(=O)N2CCCC2C)on1. The van der Waals surface area contributed by atoms with E-state index in [0.717, 1.165) is 25.1 Å². The van der Waals surface area contributed by atoms with E-state index in [1.807, 2.05) is 17.9 Å². The van der Waals surface area contributed by atoms with Crippen molar-refractivity contribution >= 4 is 5.91 Å². The van der Waals surface area contributed by atoms with Crippen LogP contribution in [-0.4, -0.2) is 28.6 Å². The summed E-state index contributed by atoms with van der Waals surface area (Å²) in [4.78, 5) is 13.8. The molecule has 0 bridgehead atoms. The van der Waals surface area contributed by atoms with E-state index in [1.165, 1.54) is 0 Å². The van der Waals surface area contributed by atoms with Crippen LogP contribution in [0.1, 0.15) is 31.2 Å². The van der Waals surface area contributed by atoms with Crippen LogP contribution in [0.4, 0.5) is 0 Å². The first-order valence-corrected chi connectivity index (χ1v) is 5.38. The van der Waals surface area contributed by atoms with Crippen molar-refractivity contribution in [1.29, 1.82) is 0 Å². The zero-order valence-corrected chi connectivity index (χ0v) is 9.19. The normalized spacial score (nSPS) is 20.9. The molecule has 0 N–H and O–H groups in total. The predicted molar refractivity (Wildman–Crippen MR) is 55.4 cm³/mol. The van der Waals surface area contributed by atoms with E-state index in [9.17, 15) is 4.79 Å². The van der Waals surface area contributed by atoms with Crippen LogP contribution in [0, 0.1) is 6.92 Å². The largest absolute Gasteiger partial charge is 0.361 e. The molecule has 2 heterocycles. The van der Waals surface area contributed by atoms with Crippen LogP contribution < -0.4 is 0 Å². The summed E-state index contributed by atoms with van der Waals surface area (Å²) in [7, 11) is 0. The number of carbonyl (C=O) groups excluding carboxylic acids is 1. The summed E-state index contributed by atoms with van der Waals surface area (Å²) in [5, 5.41) is 3.77. The Kier molecular flexibility index (Phi) is 2.75. The summed E-state index contributed by atoms with van der Waals surface area (Å²) < 4.78 is 5.03. The van der Waals surface area contributed by atoms with Crippen LogP contribution in [0.5, 0.6) is 0 Å².